The van der Waals surface area contributed by atoms with Crippen molar-refractivity contribution in [3.05, 3.63) is 39.0 Å². The molecule has 1 nitrogen and oxygen atoms in total. The van der Waals surface area contributed by atoms with E-state index in [1.165, 1.54) is 53.3 Å². The van der Waals surface area contributed by atoms with E-state index in [2.05, 4.69) is 33.8 Å². The van der Waals surface area contributed by atoms with Crippen LogP contribution in [0.4, 0.5) is 0 Å². The summed E-state index contributed by atoms with van der Waals surface area (Å²) in [6.07, 6.45) is 7.42. The lowest BCUT2D eigenvalue weighted by molar-refractivity contribution is 0.907. The zero-order valence-electron chi connectivity index (χ0n) is 11.3. The Labute approximate surface area is 104 Å². The van der Waals surface area contributed by atoms with Crippen LogP contribution < -0.4 is 0 Å². The Balaban J connectivity index is 2.78. The summed E-state index contributed by atoms with van der Waals surface area (Å²) in [6.45, 7) is 8.63. The predicted octanol–water partition coefficient (Wildman–Crippen LogP) is 4.21. The molecule has 0 saturated carbocycles. The van der Waals surface area contributed by atoms with Gasteiger partial charge in [-0.1, -0.05) is 11.6 Å². The summed E-state index contributed by atoms with van der Waals surface area (Å²) < 4.78 is 0. The molecule has 1 aliphatic rings. The molecule has 90 valence electrons. The molecule has 0 saturated heterocycles. The van der Waals surface area contributed by atoms with Crippen molar-refractivity contribution in [1.29, 1.82) is 5.41 Å². The molecule has 2 rings (SSSR count). The zero-order valence-corrected chi connectivity index (χ0v) is 11.3. The van der Waals surface area contributed by atoms with Gasteiger partial charge in [-0.05, 0) is 74.8 Å². The van der Waals surface area contributed by atoms with Crippen LogP contribution in [0.5, 0.6) is 0 Å². The fourth-order valence-corrected chi connectivity index (χ4v) is 2.96. The Morgan fingerprint density at radius 2 is 1.53 bits per heavy atom. The first-order valence-electron chi connectivity index (χ1n) is 6.36. The highest BCUT2D eigenvalue weighted by Gasteiger charge is 2.20. The van der Waals surface area contributed by atoms with Crippen molar-refractivity contribution >= 4 is 12.3 Å². The van der Waals surface area contributed by atoms with Crippen LogP contribution in [0.1, 0.15) is 53.6 Å². The number of hydrogen-bond acceptors (Lipinski definition) is 1. The molecule has 1 aromatic carbocycles. The molecule has 0 radical (unpaired) electrons. The first-order chi connectivity index (χ1) is 8.06. The lowest BCUT2D eigenvalue weighted by atomic mass is 9.88. The largest absolute Gasteiger partial charge is 0.308 e. The highest BCUT2D eigenvalue weighted by atomic mass is 14.3. The summed E-state index contributed by atoms with van der Waals surface area (Å²) in [7, 11) is 0. The number of rotatable bonds is 2. The van der Waals surface area contributed by atoms with Gasteiger partial charge in [-0.2, -0.15) is 0 Å². The summed E-state index contributed by atoms with van der Waals surface area (Å²) in [5, 5.41) is 7.67. The van der Waals surface area contributed by atoms with E-state index in [0.717, 1.165) is 5.56 Å². The second-order valence-electron chi connectivity index (χ2n) is 5.25. The van der Waals surface area contributed by atoms with Gasteiger partial charge in [0.1, 0.15) is 0 Å². The standard InChI is InChI=1S/C16H21N/c1-10(2)8-15-11(3)13-6-5-7-14(13)12(4)16(15)9-17/h8-9,17H,5-7H2,1-4H3. The second kappa shape index (κ2) is 4.48. The van der Waals surface area contributed by atoms with E-state index in [4.69, 9.17) is 5.41 Å². The second-order valence-corrected chi connectivity index (χ2v) is 5.25. The molecule has 1 N–H and O–H groups in total. The lowest BCUT2D eigenvalue weighted by Gasteiger charge is -2.16. The molecule has 0 spiro atoms. The molecular weight excluding hydrogens is 206 g/mol. The van der Waals surface area contributed by atoms with Crippen LogP contribution >= 0.6 is 0 Å². The number of hydrogen-bond donors (Lipinski definition) is 1. The van der Waals surface area contributed by atoms with Crippen molar-refractivity contribution in [3.63, 3.8) is 0 Å². The molecule has 0 fully saturated rings. The van der Waals surface area contributed by atoms with E-state index in [9.17, 15) is 0 Å². The highest BCUT2D eigenvalue weighted by molar-refractivity contribution is 5.88. The maximum absolute atomic E-state index is 7.67. The molecule has 0 atom stereocenters. The Morgan fingerprint density at radius 1 is 1.00 bits per heavy atom. The van der Waals surface area contributed by atoms with E-state index in [-0.39, 0.29) is 0 Å². The molecule has 17 heavy (non-hydrogen) atoms. The SMILES string of the molecule is CC(C)=Cc1c(C)c2c(c(C)c1C=N)CCC2. The predicted molar refractivity (Wildman–Crippen MR) is 75.2 cm³/mol. The smallest absolute Gasteiger partial charge is 0.0259 e. The molecule has 0 bridgehead atoms. The third kappa shape index (κ3) is 1.95. The minimum absolute atomic E-state index is 1.12. The topological polar surface area (TPSA) is 23.9 Å². The Hall–Kier alpha value is -1.37. The number of nitrogens with one attached hydrogen (secondary N) is 1. The van der Waals surface area contributed by atoms with E-state index in [1.54, 1.807) is 5.56 Å². The van der Waals surface area contributed by atoms with Crippen molar-refractivity contribution in [2.75, 3.05) is 0 Å². The first-order valence-corrected chi connectivity index (χ1v) is 6.36. The summed E-state index contributed by atoms with van der Waals surface area (Å²) in [6, 6.07) is 0. The van der Waals surface area contributed by atoms with Crippen LogP contribution in [-0.4, -0.2) is 6.21 Å². The van der Waals surface area contributed by atoms with Crippen LogP contribution in [-0.2, 0) is 12.8 Å². The van der Waals surface area contributed by atoms with Gasteiger partial charge < -0.3 is 5.41 Å². The molecule has 0 heterocycles. The van der Waals surface area contributed by atoms with E-state index in [1.807, 2.05) is 0 Å². The van der Waals surface area contributed by atoms with Crippen LogP contribution in [0.3, 0.4) is 0 Å². The number of benzene rings is 1. The molecule has 1 aromatic rings. The first kappa shape index (κ1) is 12.1. The molecule has 0 amide bonds. The van der Waals surface area contributed by atoms with Gasteiger partial charge in [0.15, 0.2) is 0 Å². The van der Waals surface area contributed by atoms with Crippen LogP contribution in [0.25, 0.3) is 6.08 Å². The van der Waals surface area contributed by atoms with Gasteiger partial charge in [0, 0.05) is 11.8 Å². The quantitative estimate of drug-likeness (QED) is 0.732. The average Bonchev–Trinajstić information content (AvgIpc) is 2.74. The number of fused-ring (bicyclic) bond motifs is 1. The molecule has 1 heteroatoms. The van der Waals surface area contributed by atoms with Crippen molar-refractivity contribution in [2.24, 2.45) is 0 Å². The highest BCUT2D eigenvalue weighted by Crippen LogP contribution is 2.34. The van der Waals surface area contributed by atoms with Gasteiger partial charge >= 0.3 is 0 Å². The van der Waals surface area contributed by atoms with Crippen LogP contribution in [0.2, 0.25) is 0 Å². The molecular formula is C16H21N. The molecule has 0 aliphatic heterocycles. The third-order valence-corrected chi connectivity index (χ3v) is 3.80. The molecule has 0 aromatic heterocycles. The van der Waals surface area contributed by atoms with Gasteiger partial charge in [0.05, 0.1) is 0 Å². The Bertz CT molecular complexity index is 503. The zero-order chi connectivity index (χ0) is 12.6. The summed E-state index contributed by atoms with van der Waals surface area (Å²) >= 11 is 0. The van der Waals surface area contributed by atoms with E-state index in [0.29, 0.717) is 0 Å². The maximum atomic E-state index is 7.67. The van der Waals surface area contributed by atoms with Gasteiger partial charge in [-0.3, -0.25) is 0 Å². The van der Waals surface area contributed by atoms with Crippen molar-refractivity contribution < 1.29 is 0 Å². The average molecular weight is 227 g/mol. The van der Waals surface area contributed by atoms with E-state index >= 15 is 0 Å². The lowest BCUT2D eigenvalue weighted by Crippen LogP contribution is -2.02. The summed E-state index contributed by atoms with van der Waals surface area (Å²) in [4.78, 5) is 0. The Morgan fingerprint density at radius 3 is 2.00 bits per heavy atom. The van der Waals surface area contributed by atoms with Gasteiger partial charge in [-0.25, -0.2) is 0 Å². The van der Waals surface area contributed by atoms with Crippen molar-refractivity contribution in [3.8, 4) is 0 Å². The third-order valence-electron chi connectivity index (χ3n) is 3.80. The van der Waals surface area contributed by atoms with Gasteiger partial charge in [-0.15, -0.1) is 0 Å². The molecule has 0 unspecified atom stereocenters. The van der Waals surface area contributed by atoms with E-state index < -0.39 is 0 Å². The number of allylic oxidation sites excluding steroid dienone is 1. The maximum Gasteiger partial charge on any atom is 0.0259 e. The summed E-state index contributed by atoms with van der Waals surface area (Å²) in [5.74, 6) is 0. The monoisotopic (exact) mass is 227 g/mol. The van der Waals surface area contributed by atoms with Gasteiger partial charge in [0.2, 0.25) is 0 Å². The normalized spacial score (nSPS) is 13.4. The van der Waals surface area contributed by atoms with Crippen molar-refractivity contribution in [2.45, 2.75) is 47.0 Å². The van der Waals surface area contributed by atoms with Crippen LogP contribution in [0, 0.1) is 19.3 Å². The van der Waals surface area contributed by atoms with Gasteiger partial charge in [0.25, 0.3) is 0 Å². The summed E-state index contributed by atoms with van der Waals surface area (Å²) in [5.41, 5.74) is 9.44. The van der Waals surface area contributed by atoms with Crippen LogP contribution in [0.15, 0.2) is 5.57 Å². The fourth-order valence-electron chi connectivity index (χ4n) is 2.96. The molecule has 1 aliphatic carbocycles. The van der Waals surface area contributed by atoms with Crippen molar-refractivity contribution in [1.82, 2.24) is 0 Å². The fraction of sp³-hybridized carbons (Fsp3) is 0.438. The Kier molecular flexibility index (Phi) is 3.19. The minimum Gasteiger partial charge on any atom is -0.308 e. The minimum atomic E-state index is 1.12.